The van der Waals surface area contributed by atoms with Crippen LogP contribution in [0.1, 0.15) is 101 Å². The summed E-state index contributed by atoms with van der Waals surface area (Å²) in [4.78, 5) is 46.7. The van der Waals surface area contributed by atoms with Gasteiger partial charge in [0.05, 0.1) is 34.4 Å². The molecule has 7 nitrogen and oxygen atoms in total. The number of hydrogen-bond donors (Lipinski definition) is 1. The molecule has 1 N–H and O–H groups in total. The summed E-state index contributed by atoms with van der Waals surface area (Å²) in [6.07, 6.45) is 8.38. The molecule has 1 saturated heterocycles. The lowest BCUT2D eigenvalue weighted by Gasteiger charge is -2.32. The van der Waals surface area contributed by atoms with Crippen molar-refractivity contribution in [1.82, 2.24) is 15.2 Å². The van der Waals surface area contributed by atoms with Gasteiger partial charge in [0, 0.05) is 51.4 Å². The summed E-state index contributed by atoms with van der Waals surface area (Å²) < 4.78 is 6.54. The molecule has 1 aromatic carbocycles. The Balaban J connectivity index is 1.41. The number of carbonyl (C=O) groups is 3. The average Bonchev–Trinajstić information content (AvgIpc) is 3.43. The normalized spacial score (nSPS) is 18.0. The molecule has 2 fully saturated rings. The summed E-state index contributed by atoms with van der Waals surface area (Å²) in [5.74, 6) is 0.411. The SMILES string of the molecule is C=C(CCN1CCOCC1)C(=O)CC[C@@H](NC(=O)[C@@H](CC(=O)CC)Cc1nc2ccc(C(C)C)cc2s1)C1CCCCC1. The number of hydrogen-bond acceptors (Lipinski definition) is 7. The van der Waals surface area contributed by atoms with Gasteiger partial charge in [0.1, 0.15) is 5.78 Å². The van der Waals surface area contributed by atoms with E-state index in [-0.39, 0.29) is 29.9 Å². The molecular formula is C35H51N3O4S. The van der Waals surface area contributed by atoms with Crippen molar-refractivity contribution in [3.8, 4) is 0 Å². The molecular weight excluding hydrogens is 558 g/mol. The third-order valence-electron chi connectivity index (χ3n) is 9.24. The molecule has 43 heavy (non-hydrogen) atoms. The minimum absolute atomic E-state index is 0.0769. The number of thiazole rings is 1. The van der Waals surface area contributed by atoms with Gasteiger partial charge in [0.2, 0.25) is 5.91 Å². The van der Waals surface area contributed by atoms with E-state index < -0.39 is 5.92 Å². The monoisotopic (exact) mass is 609 g/mol. The van der Waals surface area contributed by atoms with Gasteiger partial charge in [-0.2, -0.15) is 0 Å². The summed E-state index contributed by atoms with van der Waals surface area (Å²) in [5.41, 5.74) is 2.88. The van der Waals surface area contributed by atoms with Crippen LogP contribution in [0.25, 0.3) is 10.2 Å². The van der Waals surface area contributed by atoms with Crippen LogP contribution in [0.4, 0.5) is 0 Å². The first kappa shape index (κ1) is 33.5. The van der Waals surface area contributed by atoms with Gasteiger partial charge in [-0.3, -0.25) is 19.3 Å². The first-order valence-corrected chi connectivity index (χ1v) is 17.3. The highest BCUT2D eigenvalue weighted by molar-refractivity contribution is 7.18. The highest BCUT2D eigenvalue weighted by Gasteiger charge is 2.30. The molecule has 1 amide bonds. The molecule has 2 aromatic rings. The molecule has 0 bridgehead atoms. The molecule has 0 spiro atoms. The number of nitrogens with one attached hydrogen (secondary N) is 1. The standard InChI is InChI=1S/C35H51N3O4S/c1-5-29(39)21-28(23-34-36-31-12-11-27(24(2)3)22-33(31)43-34)35(41)37-30(26-9-7-6-8-10-26)13-14-32(40)25(4)15-16-38-17-19-42-20-18-38/h11-12,22,24,26,28,30H,4-10,13-21,23H2,1-3H3,(H,37,41)/t28-,30+/m0/s1. The summed E-state index contributed by atoms with van der Waals surface area (Å²) in [6, 6.07) is 6.29. The Morgan fingerprint density at radius 1 is 1.12 bits per heavy atom. The molecule has 1 aliphatic heterocycles. The van der Waals surface area contributed by atoms with Crippen molar-refractivity contribution in [1.29, 1.82) is 0 Å². The molecule has 2 heterocycles. The fraction of sp³-hybridized carbons (Fsp3) is 0.657. The zero-order valence-electron chi connectivity index (χ0n) is 26.5. The Kier molecular flexibility index (Phi) is 12.9. The lowest BCUT2D eigenvalue weighted by molar-refractivity contribution is -0.130. The average molecular weight is 610 g/mol. The van der Waals surface area contributed by atoms with Gasteiger partial charge in [-0.15, -0.1) is 11.3 Å². The van der Waals surface area contributed by atoms with Gasteiger partial charge < -0.3 is 10.1 Å². The van der Waals surface area contributed by atoms with E-state index in [1.807, 2.05) is 6.92 Å². The first-order chi connectivity index (χ1) is 20.7. The maximum atomic E-state index is 13.9. The zero-order valence-corrected chi connectivity index (χ0v) is 27.3. The van der Waals surface area contributed by atoms with E-state index in [0.717, 1.165) is 73.8 Å². The highest BCUT2D eigenvalue weighted by atomic mass is 32.1. The molecule has 4 rings (SSSR count). The number of benzene rings is 1. The summed E-state index contributed by atoms with van der Waals surface area (Å²) in [6.45, 7) is 14.4. The van der Waals surface area contributed by atoms with Crippen molar-refractivity contribution in [2.45, 2.75) is 103 Å². The summed E-state index contributed by atoms with van der Waals surface area (Å²) in [7, 11) is 0. The predicted molar refractivity (Wildman–Crippen MR) is 175 cm³/mol. The second-order valence-corrected chi connectivity index (χ2v) is 13.9. The third-order valence-corrected chi connectivity index (χ3v) is 10.3. The van der Waals surface area contributed by atoms with Crippen LogP contribution in [0.15, 0.2) is 30.4 Å². The number of fused-ring (bicyclic) bond motifs is 1. The fourth-order valence-corrected chi connectivity index (χ4v) is 7.40. The Morgan fingerprint density at radius 3 is 2.56 bits per heavy atom. The van der Waals surface area contributed by atoms with E-state index >= 15 is 0 Å². The molecule has 236 valence electrons. The molecule has 2 atom stereocenters. The lowest BCUT2D eigenvalue weighted by atomic mass is 9.81. The van der Waals surface area contributed by atoms with Gasteiger partial charge in [-0.25, -0.2) is 4.98 Å². The number of rotatable bonds is 16. The molecule has 0 unspecified atom stereocenters. The minimum Gasteiger partial charge on any atom is -0.379 e. The van der Waals surface area contributed by atoms with E-state index in [9.17, 15) is 14.4 Å². The van der Waals surface area contributed by atoms with Crippen LogP contribution in [0.5, 0.6) is 0 Å². The van der Waals surface area contributed by atoms with Gasteiger partial charge in [0.15, 0.2) is 5.78 Å². The largest absolute Gasteiger partial charge is 0.379 e. The fourth-order valence-electron chi connectivity index (χ4n) is 6.31. The van der Waals surface area contributed by atoms with Crippen LogP contribution in [0.2, 0.25) is 0 Å². The summed E-state index contributed by atoms with van der Waals surface area (Å²) in [5, 5.41) is 4.24. The zero-order chi connectivity index (χ0) is 30.8. The van der Waals surface area contributed by atoms with Crippen LogP contribution in [-0.2, 0) is 25.5 Å². The van der Waals surface area contributed by atoms with E-state index in [1.165, 1.54) is 12.0 Å². The molecule has 2 aliphatic rings. The molecule has 0 radical (unpaired) electrons. The van der Waals surface area contributed by atoms with Crippen molar-refractivity contribution in [3.63, 3.8) is 0 Å². The van der Waals surface area contributed by atoms with Gasteiger partial charge in [0.25, 0.3) is 0 Å². The van der Waals surface area contributed by atoms with Gasteiger partial charge in [-0.05, 0) is 60.8 Å². The molecule has 1 saturated carbocycles. The Hall–Kier alpha value is -2.42. The maximum Gasteiger partial charge on any atom is 0.224 e. The van der Waals surface area contributed by atoms with E-state index in [1.54, 1.807) is 11.3 Å². The number of ether oxygens (including phenoxy) is 1. The number of morpholine rings is 1. The van der Waals surface area contributed by atoms with Crippen molar-refractivity contribution < 1.29 is 19.1 Å². The predicted octanol–water partition coefficient (Wildman–Crippen LogP) is 6.64. The smallest absolute Gasteiger partial charge is 0.224 e. The Labute approximate surface area is 261 Å². The van der Waals surface area contributed by atoms with Crippen molar-refractivity contribution in [2.24, 2.45) is 11.8 Å². The minimum atomic E-state index is -0.470. The van der Waals surface area contributed by atoms with Crippen molar-refractivity contribution in [3.05, 3.63) is 40.9 Å². The number of amides is 1. The molecule has 1 aromatic heterocycles. The topological polar surface area (TPSA) is 88.6 Å². The quantitative estimate of drug-likeness (QED) is 0.215. The highest BCUT2D eigenvalue weighted by Crippen LogP contribution is 2.31. The van der Waals surface area contributed by atoms with Crippen LogP contribution in [0.3, 0.4) is 0 Å². The van der Waals surface area contributed by atoms with Crippen LogP contribution >= 0.6 is 11.3 Å². The third kappa shape index (κ3) is 10.0. The number of nitrogens with zero attached hydrogens (tertiary/aromatic N) is 2. The second kappa shape index (κ2) is 16.6. The Morgan fingerprint density at radius 2 is 1.86 bits per heavy atom. The van der Waals surface area contributed by atoms with Gasteiger partial charge in [-0.1, -0.05) is 52.7 Å². The van der Waals surface area contributed by atoms with E-state index in [0.29, 0.717) is 49.5 Å². The van der Waals surface area contributed by atoms with E-state index in [4.69, 9.17) is 9.72 Å². The van der Waals surface area contributed by atoms with Crippen LogP contribution in [0, 0.1) is 11.8 Å². The number of aromatic nitrogens is 1. The van der Waals surface area contributed by atoms with Gasteiger partial charge >= 0.3 is 0 Å². The first-order valence-electron chi connectivity index (χ1n) is 16.5. The van der Waals surface area contributed by atoms with Crippen molar-refractivity contribution >= 4 is 39.0 Å². The molecule has 1 aliphatic carbocycles. The summed E-state index contributed by atoms with van der Waals surface area (Å²) >= 11 is 1.62. The van der Waals surface area contributed by atoms with E-state index in [2.05, 4.69) is 48.8 Å². The number of ketones is 2. The molecule has 8 heteroatoms. The van der Waals surface area contributed by atoms with Crippen LogP contribution in [-0.4, -0.2) is 66.2 Å². The maximum absolute atomic E-state index is 13.9. The number of Topliss-reactive ketones (excluding diaryl/α,β-unsaturated/α-hetero) is 2. The van der Waals surface area contributed by atoms with Crippen molar-refractivity contribution in [2.75, 3.05) is 32.8 Å². The lowest BCUT2D eigenvalue weighted by Crippen LogP contribution is -2.45. The number of carbonyl (C=O) groups excluding carboxylic acids is 3. The van der Waals surface area contributed by atoms with Crippen LogP contribution < -0.4 is 5.32 Å². The Bertz CT molecular complexity index is 1240. The second-order valence-electron chi connectivity index (χ2n) is 12.8.